The summed E-state index contributed by atoms with van der Waals surface area (Å²) in [6, 6.07) is 2.73. The first kappa shape index (κ1) is 12.8. The van der Waals surface area contributed by atoms with Crippen LogP contribution in [0.4, 0.5) is 5.69 Å². The van der Waals surface area contributed by atoms with Crippen molar-refractivity contribution in [2.24, 2.45) is 0 Å². The zero-order valence-electron chi connectivity index (χ0n) is 6.96. The lowest BCUT2D eigenvalue weighted by molar-refractivity contribution is 0.473. The van der Waals surface area contributed by atoms with E-state index in [0.29, 0.717) is 5.02 Å². The predicted octanol–water partition coefficient (Wildman–Crippen LogP) is 2.37. The van der Waals surface area contributed by atoms with Crippen molar-refractivity contribution in [1.82, 2.24) is 4.83 Å². The summed E-state index contributed by atoms with van der Waals surface area (Å²) in [7, 11) is -4.38. The number of rotatable bonds is 3. The highest BCUT2D eigenvalue weighted by atomic mass is 35.5. The quantitative estimate of drug-likeness (QED) is 0.590. The number of hydrogen-bond donors (Lipinski definition) is 3. The molecular weight excluding hydrogens is 287 g/mol. The van der Waals surface area contributed by atoms with Gasteiger partial charge in [-0.25, -0.2) is 0 Å². The summed E-state index contributed by atoms with van der Waals surface area (Å²) < 4.78 is 29.1. The largest absolute Gasteiger partial charge is 0.350 e. The molecule has 0 unspecified atom stereocenters. The van der Waals surface area contributed by atoms with Crippen LogP contribution in [0.2, 0.25) is 15.1 Å². The lowest BCUT2D eigenvalue weighted by Gasteiger charge is -2.09. The van der Waals surface area contributed by atoms with Gasteiger partial charge in [-0.2, -0.15) is 8.42 Å². The van der Waals surface area contributed by atoms with Gasteiger partial charge in [0, 0.05) is 5.02 Å². The van der Waals surface area contributed by atoms with Gasteiger partial charge in [-0.05, 0) is 12.1 Å². The second kappa shape index (κ2) is 4.73. The van der Waals surface area contributed by atoms with E-state index in [0.717, 1.165) is 0 Å². The molecular formula is C6H5Cl3N2O3S. The number of hydrazine groups is 1. The Morgan fingerprint density at radius 3 is 2.00 bits per heavy atom. The Kier molecular flexibility index (Phi) is 4.05. The van der Waals surface area contributed by atoms with Gasteiger partial charge in [0.1, 0.15) is 0 Å². The zero-order chi connectivity index (χ0) is 11.6. The molecule has 5 nitrogen and oxygen atoms in total. The van der Waals surface area contributed by atoms with E-state index in [4.69, 9.17) is 39.4 Å². The van der Waals surface area contributed by atoms with Crippen LogP contribution >= 0.6 is 34.8 Å². The first-order chi connectivity index (χ1) is 6.79. The summed E-state index contributed by atoms with van der Waals surface area (Å²) in [6.07, 6.45) is 0. The van der Waals surface area contributed by atoms with Crippen molar-refractivity contribution in [3.8, 4) is 0 Å². The smallest absolute Gasteiger partial charge is 0.303 e. The summed E-state index contributed by atoms with van der Waals surface area (Å²) in [4.78, 5) is 1.61. The predicted molar refractivity (Wildman–Crippen MR) is 59.8 cm³/mol. The Balaban J connectivity index is 2.96. The second-order valence-electron chi connectivity index (χ2n) is 2.45. The Hall–Kier alpha value is -0.240. The minimum atomic E-state index is -4.38. The van der Waals surface area contributed by atoms with Crippen molar-refractivity contribution >= 4 is 50.8 Å². The molecule has 0 aromatic heterocycles. The molecule has 0 heterocycles. The van der Waals surface area contributed by atoms with Gasteiger partial charge in [0.05, 0.1) is 15.7 Å². The van der Waals surface area contributed by atoms with Gasteiger partial charge >= 0.3 is 10.3 Å². The average molecular weight is 292 g/mol. The summed E-state index contributed by atoms with van der Waals surface area (Å²) in [5.41, 5.74) is 2.24. The van der Waals surface area contributed by atoms with Crippen molar-refractivity contribution in [2.45, 2.75) is 0 Å². The third kappa shape index (κ3) is 4.02. The monoisotopic (exact) mass is 290 g/mol. The third-order valence-electron chi connectivity index (χ3n) is 1.31. The van der Waals surface area contributed by atoms with Crippen LogP contribution in [0.25, 0.3) is 0 Å². The van der Waals surface area contributed by atoms with Crippen LogP contribution in [-0.4, -0.2) is 13.0 Å². The van der Waals surface area contributed by atoms with Crippen LogP contribution in [0.1, 0.15) is 0 Å². The maximum atomic E-state index is 10.4. The lowest BCUT2D eigenvalue weighted by atomic mass is 10.3. The number of halogens is 3. The standard InChI is InChI=1S/C6H5Cl3N2O3S/c7-3-1-4(8)6(5(9)2-3)10-11-15(12,13)14/h1-2,10-11H,(H,12,13,14). The van der Waals surface area contributed by atoms with Crippen LogP contribution in [0.3, 0.4) is 0 Å². The van der Waals surface area contributed by atoms with Crippen molar-refractivity contribution in [2.75, 3.05) is 5.43 Å². The molecule has 9 heteroatoms. The van der Waals surface area contributed by atoms with E-state index >= 15 is 0 Å². The molecule has 3 N–H and O–H groups in total. The van der Waals surface area contributed by atoms with Crippen LogP contribution in [-0.2, 0) is 10.3 Å². The highest BCUT2D eigenvalue weighted by molar-refractivity contribution is 7.83. The minimum Gasteiger partial charge on any atom is -0.303 e. The van der Waals surface area contributed by atoms with E-state index in [9.17, 15) is 8.42 Å². The SMILES string of the molecule is O=S(=O)(O)NNc1c(Cl)cc(Cl)cc1Cl. The van der Waals surface area contributed by atoms with E-state index in [-0.39, 0.29) is 15.7 Å². The van der Waals surface area contributed by atoms with E-state index in [1.807, 2.05) is 0 Å². The zero-order valence-corrected chi connectivity index (χ0v) is 10.0. The molecule has 0 saturated carbocycles. The fourth-order valence-electron chi connectivity index (χ4n) is 0.777. The van der Waals surface area contributed by atoms with Crippen molar-refractivity contribution in [3.63, 3.8) is 0 Å². The Morgan fingerprint density at radius 2 is 1.60 bits per heavy atom. The molecule has 84 valence electrons. The number of anilines is 1. The molecule has 1 aromatic carbocycles. The van der Waals surface area contributed by atoms with Crippen LogP contribution in [0, 0.1) is 0 Å². The summed E-state index contributed by atoms with van der Waals surface area (Å²) in [6.45, 7) is 0. The molecule has 1 rings (SSSR count). The maximum absolute atomic E-state index is 10.4. The molecule has 1 aromatic rings. The van der Waals surface area contributed by atoms with Crippen LogP contribution in [0.15, 0.2) is 12.1 Å². The highest BCUT2D eigenvalue weighted by Gasteiger charge is 2.09. The summed E-state index contributed by atoms with van der Waals surface area (Å²) in [5.74, 6) is 0. The molecule has 0 fully saturated rings. The fourth-order valence-corrected chi connectivity index (χ4v) is 1.92. The van der Waals surface area contributed by atoms with Gasteiger partial charge in [0.25, 0.3) is 0 Å². The third-order valence-corrected chi connectivity index (χ3v) is 2.49. The molecule has 0 radical (unpaired) electrons. The van der Waals surface area contributed by atoms with Crippen molar-refractivity contribution in [3.05, 3.63) is 27.2 Å². The first-order valence-electron chi connectivity index (χ1n) is 3.44. The Bertz CT molecular complexity index is 454. The van der Waals surface area contributed by atoms with Gasteiger partial charge in [0.2, 0.25) is 0 Å². The van der Waals surface area contributed by atoms with Gasteiger partial charge in [-0.3, -0.25) is 4.55 Å². The molecule has 0 aliphatic heterocycles. The molecule has 0 saturated heterocycles. The topological polar surface area (TPSA) is 78.4 Å². The molecule has 0 amide bonds. The first-order valence-corrected chi connectivity index (χ1v) is 6.02. The normalized spacial score (nSPS) is 11.5. The van der Waals surface area contributed by atoms with E-state index < -0.39 is 10.3 Å². The van der Waals surface area contributed by atoms with Gasteiger partial charge in [-0.15, -0.1) is 4.83 Å². The van der Waals surface area contributed by atoms with E-state index in [1.165, 1.54) is 12.1 Å². The van der Waals surface area contributed by atoms with Crippen molar-refractivity contribution in [1.29, 1.82) is 0 Å². The molecule has 0 spiro atoms. The number of hydrogen-bond acceptors (Lipinski definition) is 3. The summed E-state index contributed by atoms with van der Waals surface area (Å²) >= 11 is 17.1. The molecule has 0 atom stereocenters. The second-order valence-corrected chi connectivity index (χ2v) is 4.85. The summed E-state index contributed by atoms with van der Waals surface area (Å²) in [5, 5.41) is 0.537. The minimum absolute atomic E-state index is 0.0976. The lowest BCUT2D eigenvalue weighted by Crippen LogP contribution is -2.28. The Morgan fingerprint density at radius 1 is 1.13 bits per heavy atom. The van der Waals surface area contributed by atoms with Crippen molar-refractivity contribution < 1.29 is 13.0 Å². The van der Waals surface area contributed by atoms with Crippen LogP contribution in [0.5, 0.6) is 0 Å². The van der Waals surface area contributed by atoms with Crippen LogP contribution < -0.4 is 10.3 Å². The maximum Gasteiger partial charge on any atom is 0.350 e. The molecule has 15 heavy (non-hydrogen) atoms. The fraction of sp³-hybridized carbons (Fsp3) is 0. The molecule has 0 bridgehead atoms. The number of nitrogens with one attached hydrogen (secondary N) is 2. The molecule has 0 aliphatic carbocycles. The highest BCUT2D eigenvalue weighted by Crippen LogP contribution is 2.33. The number of benzene rings is 1. The Labute approximate surface area is 101 Å². The van der Waals surface area contributed by atoms with Gasteiger partial charge < -0.3 is 5.43 Å². The van der Waals surface area contributed by atoms with Gasteiger partial charge in [-0.1, -0.05) is 34.8 Å². The average Bonchev–Trinajstić information content (AvgIpc) is 1.99. The van der Waals surface area contributed by atoms with E-state index in [1.54, 1.807) is 4.83 Å². The molecule has 0 aliphatic rings. The van der Waals surface area contributed by atoms with E-state index in [2.05, 4.69) is 5.43 Å². The van der Waals surface area contributed by atoms with Gasteiger partial charge in [0.15, 0.2) is 0 Å².